The Bertz CT molecular complexity index is 437. The van der Waals surface area contributed by atoms with E-state index in [1.165, 1.54) is 13.2 Å². The van der Waals surface area contributed by atoms with Gasteiger partial charge in [-0.15, -0.1) is 0 Å². The van der Waals surface area contributed by atoms with Crippen molar-refractivity contribution in [2.75, 3.05) is 19.5 Å². The van der Waals surface area contributed by atoms with Gasteiger partial charge in [-0.05, 0) is 6.92 Å². The summed E-state index contributed by atoms with van der Waals surface area (Å²) in [6.07, 6.45) is 0. The number of hydrogen-bond donors (Lipinski definition) is 1. The molecule has 0 radical (unpaired) electrons. The average Bonchev–Trinajstić information content (AvgIpc) is 2.30. The molecule has 1 aromatic rings. The van der Waals surface area contributed by atoms with Gasteiger partial charge in [0.2, 0.25) is 0 Å². The number of hydrogen-bond acceptors (Lipinski definition) is 5. The maximum Gasteiger partial charge on any atom is 0.387 e. The largest absolute Gasteiger partial charge is 0.493 e. The zero-order valence-electron chi connectivity index (χ0n) is 9.91. The first-order chi connectivity index (χ1) is 8.49. The van der Waals surface area contributed by atoms with Gasteiger partial charge in [-0.25, -0.2) is 4.79 Å². The monoisotopic (exact) mass is 261 g/mol. The van der Waals surface area contributed by atoms with Crippen LogP contribution in [0, 0.1) is 0 Å². The lowest BCUT2D eigenvalue weighted by Gasteiger charge is -2.13. The fraction of sp³-hybridized carbons (Fsp3) is 0.364. The minimum Gasteiger partial charge on any atom is -0.493 e. The Morgan fingerprint density at radius 1 is 1.39 bits per heavy atom. The van der Waals surface area contributed by atoms with E-state index >= 15 is 0 Å². The highest BCUT2D eigenvalue weighted by Gasteiger charge is 2.18. The number of methoxy groups -OCH3 is 1. The summed E-state index contributed by atoms with van der Waals surface area (Å²) in [4.78, 5) is 11.5. The zero-order chi connectivity index (χ0) is 13.7. The SMILES string of the molecule is CCOC(=O)c1cc(OC(F)F)c(OC)cc1N. The van der Waals surface area contributed by atoms with Gasteiger partial charge in [0.15, 0.2) is 11.5 Å². The number of esters is 1. The molecule has 5 nitrogen and oxygen atoms in total. The molecular formula is C11H13F2NO4. The summed E-state index contributed by atoms with van der Waals surface area (Å²) in [5.74, 6) is -0.970. The molecule has 0 saturated carbocycles. The van der Waals surface area contributed by atoms with E-state index in [0.29, 0.717) is 0 Å². The van der Waals surface area contributed by atoms with Gasteiger partial charge in [0.1, 0.15) is 0 Å². The first-order valence-corrected chi connectivity index (χ1v) is 5.09. The molecule has 7 heteroatoms. The predicted molar refractivity (Wildman–Crippen MR) is 60.0 cm³/mol. The lowest BCUT2D eigenvalue weighted by molar-refractivity contribution is -0.0512. The Kier molecular flexibility index (Phi) is 4.70. The fourth-order valence-corrected chi connectivity index (χ4v) is 1.31. The molecule has 0 aliphatic heterocycles. The molecule has 0 aromatic heterocycles. The normalized spacial score (nSPS) is 10.3. The van der Waals surface area contributed by atoms with Crippen molar-refractivity contribution < 1.29 is 27.8 Å². The van der Waals surface area contributed by atoms with Gasteiger partial charge in [-0.2, -0.15) is 8.78 Å². The molecule has 2 N–H and O–H groups in total. The lowest BCUT2D eigenvalue weighted by Crippen LogP contribution is -2.10. The summed E-state index contributed by atoms with van der Waals surface area (Å²) in [5, 5.41) is 0. The first-order valence-electron chi connectivity index (χ1n) is 5.09. The van der Waals surface area contributed by atoms with E-state index in [4.69, 9.17) is 15.2 Å². The Balaban J connectivity index is 3.16. The number of nitrogen functional groups attached to an aromatic ring is 1. The van der Waals surface area contributed by atoms with Crippen molar-refractivity contribution in [1.29, 1.82) is 0 Å². The highest BCUT2D eigenvalue weighted by Crippen LogP contribution is 2.33. The lowest BCUT2D eigenvalue weighted by atomic mass is 10.1. The molecule has 0 amide bonds. The number of carbonyl (C=O) groups excluding carboxylic acids is 1. The molecule has 1 rings (SSSR count). The van der Waals surface area contributed by atoms with Crippen molar-refractivity contribution in [3.05, 3.63) is 17.7 Å². The Morgan fingerprint density at radius 3 is 2.56 bits per heavy atom. The van der Waals surface area contributed by atoms with Crippen LogP contribution in [-0.4, -0.2) is 26.3 Å². The summed E-state index contributed by atoms with van der Waals surface area (Å²) in [7, 11) is 1.27. The van der Waals surface area contributed by atoms with Crippen LogP contribution in [0.4, 0.5) is 14.5 Å². The second-order valence-corrected chi connectivity index (χ2v) is 3.19. The maximum atomic E-state index is 12.2. The molecule has 18 heavy (non-hydrogen) atoms. The number of alkyl halides is 2. The van der Waals surface area contributed by atoms with Gasteiger partial charge in [-0.3, -0.25) is 0 Å². The van der Waals surface area contributed by atoms with Crippen LogP contribution in [0.15, 0.2) is 12.1 Å². The number of nitrogens with two attached hydrogens (primary N) is 1. The summed E-state index contributed by atoms with van der Waals surface area (Å²) in [6.45, 7) is -1.26. The maximum absolute atomic E-state index is 12.2. The zero-order valence-corrected chi connectivity index (χ0v) is 9.91. The van der Waals surface area contributed by atoms with Crippen LogP contribution < -0.4 is 15.2 Å². The fourth-order valence-electron chi connectivity index (χ4n) is 1.31. The molecule has 0 aliphatic carbocycles. The van der Waals surface area contributed by atoms with Gasteiger partial charge in [0, 0.05) is 12.1 Å². The van der Waals surface area contributed by atoms with E-state index in [0.717, 1.165) is 6.07 Å². The van der Waals surface area contributed by atoms with Crippen LogP contribution in [-0.2, 0) is 4.74 Å². The van der Waals surface area contributed by atoms with E-state index in [-0.39, 0.29) is 29.4 Å². The van der Waals surface area contributed by atoms with E-state index in [1.807, 2.05) is 0 Å². The molecule has 0 spiro atoms. The van der Waals surface area contributed by atoms with Gasteiger partial charge < -0.3 is 19.9 Å². The molecule has 0 bridgehead atoms. The van der Waals surface area contributed by atoms with Crippen LogP contribution in [0.5, 0.6) is 11.5 Å². The summed E-state index contributed by atoms with van der Waals surface area (Å²) in [5.41, 5.74) is 5.62. The van der Waals surface area contributed by atoms with Crippen molar-refractivity contribution >= 4 is 11.7 Å². The average molecular weight is 261 g/mol. The number of carbonyl (C=O) groups is 1. The Morgan fingerprint density at radius 2 is 2.06 bits per heavy atom. The van der Waals surface area contributed by atoms with Crippen molar-refractivity contribution in [1.82, 2.24) is 0 Å². The number of ether oxygens (including phenoxy) is 3. The quantitative estimate of drug-likeness (QED) is 0.648. The Hall–Kier alpha value is -2.05. The molecular weight excluding hydrogens is 248 g/mol. The molecule has 1 aromatic carbocycles. The van der Waals surface area contributed by atoms with Gasteiger partial charge >= 0.3 is 12.6 Å². The minimum absolute atomic E-state index is 0.0147. The van der Waals surface area contributed by atoms with Gasteiger partial charge in [0.05, 0.1) is 25.0 Å². The van der Waals surface area contributed by atoms with Crippen LogP contribution in [0.3, 0.4) is 0 Å². The van der Waals surface area contributed by atoms with Crippen LogP contribution >= 0.6 is 0 Å². The van der Waals surface area contributed by atoms with Gasteiger partial charge in [-0.1, -0.05) is 0 Å². The second-order valence-electron chi connectivity index (χ2n) is 3.19. The number of rotatable bonds is 5. The van der Waals surface area contributed by atoms with Crippen LogP contribution in [0.25, 0.3) is 0 Å². The summed E-state index contributed by atoms with van der Waals surface area (Å²) >= 11 is 0. The topological polar surface area (TPSA) is 70.8 Å². The molecule has 100 valence electrons. The van der Waals surface area contributed by atoms with Crippen molar-refractivity contribution in [3.8, 4) is 11.5 Å². The molecule has 0 saturated heterocycles. The molecule has 0 unspecified atom stereocenters. The van der Waals surface area contributed by atoms with Gasteiger partial charge in [0.25, 0.3) is 0 Å². The molecule has 0 fully saturated rings. The molecule has 0 aliphatic rings. The smallest absolute Gasteiger partial charge is 0.387 e. The van der Waals surface area contributed by atoms with Crippen LogP contribution in [0.2, 0.25) is 0 Å². The third-order valence-electron chi connectivity index (χ3n) is 2.05. The third kappa shape index (κ3) is 3.22. The minimum atomic E-state index is -3.03. The predicted octanol–water partition coefficient (Wildman–Crippen LogP) is 2.06. The second kappa shape index (κ2) is 6.04. The highest BCUT2D eigenvalue weighted by molar-refractivity contribution is 5.96. The van der Waals surface area contributed by atoms with Crippen molar-refractivity contribution in [2.45, 2.75) is 13.5 Å². The third-order valence-corrected chi connectivity index (χ3v) is 2.05. The van der Waals surface area contributed by atoms with Crippen molar-refractivity contribution in [2.24, 2.45) is 0 Å². The standard InChI is InChI=1S/C11H13F2NO4/c1-3-17-10(15)6-4-9(18-11(12)13)8(16-2)5-7(6)14/h4-5,11H,3,14H2,1-2H3. The highest BCUT2D eigenvalue weighted by atomic mass is 19.3. The van der Waals surface area contributed by atoms with Crippen LogP contribution in [0.1, 0.15) is 17.3 Å². The molecule has 0 atom stereocenters. The van der Waals surface area contributed by atoms with E-state index in [9.17, 15) is 13.6 Å². The number of halogens is 2. The first kappa shape index (κ1) is 14.0. The number of anilines is 1. The summed E-state index contributed by atoms with van der Waals surface area (Å²) < 4.78 is 38.2. The summed E-state index contributed by atoms with van der Waals surface area (Å²) in [6, 6.07) is 2.29. The number of benzene rings is 1. The van der Waals surface area contributed by atoms with Crippen molar-refractivity contribution in [3.63, 3.8) is 0 Å². The Labute approximate surface area is 102 Å². The van der Waals surface area contributed by atoms with E-state index < -0.39 is 12.6 Å². The van der Waals surface area contributed by atoms with E-state index in [2.05, 4.69) is 4.74 Å². The molecule has 0 heterocycles. The van der Waals surface area contributed by atoms with E-state index in [1.54, 1.807) is 6.92 Å².